The fourth-order valence-corrected chi connectivity index (χ4v) is 4.16. The van der Waals surface area contributed by atoms with Crippen molar-refractivity contribution in [2.45, 2.75) is 4.90 Å². The molecule has 1 amide bonds. The van der Waals surface area contributed by atoms with Crippen LogP contribution in [0.15, 0.2) is 89.8 Å². The Labute approximate surface area is 164 Å². The molecule has 0 atom stereocenters. The molecule has 6 nitrogen and oxygen atoms in total. The van der Waals surface area contributed by atoms with Gasteiger partial charge in [-0.2, -0.15) is 0 Å². The van der Waals surface area contributed by atoms with Gasteiger partial charge in [0.05, 0.1) is 17.7 Å². The lowest BCUT2D eigenvalue weighted by Crippen LogP contribution is -2.38. The smallest absolute Gasteiger partial charge is 0.264 e. The fourth-order valence-electron chi connectivity index (χ4n) is 2.71. The predicted octanol–water partition coefficient (Wildman–Crippen LogP) is 3.53. The van der Waals surface area contributed by atoms with E-state index in [9.17, 15) is 13.2 Å². The van der Waals surface area contributed by atoms with Gasteiger partial charge in [0, 0.05) is 5.69 Å². The third kappa shape index (κ3) is 4.32. The van der Waals surface area contributed by atoms with Gasteiger partial charge < -0.3 is 10.1 Å². The molecule has 3 aromatic carbocycles. The summed E-state index contributed by atoms with van der Waals surface area (Å²) in [6, 6.07) is 23.5. The number of ether oxygens (including phenoxy) is 1. The number of rotatable bonds is 7. The molecule has 0 aliphatic rings. The summed E-state index contributed by atoms with van der Waals surface area (Å²) < 4.78 is 32.9. The summed E-state index contributed by atoms with van der Waals surface area (Å²) in [5.41, 5.74) is 0.877. The first-order valence-corrected chi connectivity index (χ1v) is 10.0. The lowest BCUT2D eigenvalue weighted by molar-refractivity contribution is -0.114. The standard InChI is InChI=1S/C21H20N2O4S/c1-27-20-15-9-8-14-19(20)23(28(25,26)18-12-6-3-7-13-18)16-21(24)22-17-10-4-2-5-11-17/h2-15H,16H2,1H3,(H,22,24). The first-order valence-electron chi connectivity index (χ1n) is 8.58. The Morgan fingerprint density at radius 2 is 1.46 bits per heavy atom. The van der Waals surface area contributed by atoms with Crippen LogP contribution in [0.1, 0.15) is 0 Å². The van der Waals surface area contributed by atoms with E-state index in [0.29, 0.717) is 11.4 Å². The molecule has 3 aromatic rings. The lowest BCUT2D eigenvalue weighted by Gasteiger charge is -2.25. The van der Waals surface area contributed by atoms with Gasteiger partial charge in [-0.05, 0) is 36.4 Å². The molecule has 0 radical (unpaired) electrons. The molecule has 0 aliphatic carbocycles. The number of nitrogens with one attached hydrogen (secondary N) is 1. The molecular weight excluding hydrogens is 376 g/mol. The van der Waals surface area contributed by atoms with Gasteiger partial charge in [-0.1, -0.05) is 48.5 Å². The molecule has 0 bridgehead atoms. The molecular formula is C21H20N2O4S. The largest absolute Gasteiger partial charge is 0.495 e. The Kier molecular flexibility index (Phi) is 5.96. The third-order valence-electron chi connectivity index (χ3n) is 4.03. The van der Waals surface area contributed by atoms with E-state index in [-0.39, 0.29) is 10.6 Å². The van der Waals surface area contributed by atoms with Crippen molar-refractivity contribution in [1.29, 1.82) is 0 Å². The minimum absolute atomic E-state index is 0.0911. The second kappa shape index (κ2) is 8.58. The van der Waals surface area contributed by atoms with Crippen molar-refractivity contribution in [3.63, 3.8) is 0 Å². The summed E-state index contributed by atoms with van der Waals surface area (Å²) in [6.07, 6.45) is 0. The number of amides is 1. The number of benzene rings is 3. The van der Waals surface area contributed by atoms with Crippen molar-refractivity contribution in [1.82, 2.24) is 0 Å². The van der Waals surface area contributed by atoms with Crippen LogP contribution >= 0.6 is 0 Å². The molecule has 1 N–H and O–H groups in total. The zero-order valence-corrected chi connectivity index (χ0v) is 16.1. The van der Waals surface area contributed by atoms with Gasteiger partial charge in [-0.25, -0.2) is 8.42 Å². The van der Waals surface area contributed by atoms with E-state index in [2.05, 4.69) is 5.32 Å². The van der Waals surface area contributed by atoms with E-state index in [0.717, 1.165) is 4.31 Å². The lowest BCUT2D eigenvalue weighted by atomic mass is 10.3. The van der Waals surface area contributed by atoms with Crippen molar-refractivity contribution in [3.05, 3.63) is 84.9 Å². The van der Waals surface area contributed by atoms with Crippen LogP contribution in [0.3, 0.4) is 0 Å². The van der Waals surface area contributed by atoms with E-state index in [4.69, 9.17) is 4.74 Å². The Balaban J connectivity index is 1.99. The summed E-state index contributed by atoms with van der Waals surface area (Å²) in [6.45, 7) is -0.396. The minimum Gasteiger partial charge on any atom is -0.495 e. The van der Waals surface area contributed by atoms with Crippen LogP contribution in [-0.2, 0) is 14.8 Å². The Hall–Kier alpha value is -3.32. The Morgan fingerprint density at radius 1 is 0.893 bits per heavy atom. The van der Waals surface area contributed by atoms with Crippen LogP contribution in [0.4, 0.5) is 11.4 Å². The van der Waals surface area contributed by atoms with Crippen molar-refractivity contribution >= 4 is 27.3 Å². The normalized spacial score (nSPS) is 10.9. The van der Waals surface area contributed by atoms with Crippen LogP contribution in [-0.4, -0.2) is 28.0 Å². The van der Waals surface area contributed by atoms with Crippen LogP contribution < -0.4 is 14.4 Å². The summed E-state index contributed by atoms with van der Waals surface area (Å²) in [4.78, 5) is 12.7. The number of carbonyl (C=O) groups is 1. The molecule has 0 unspecified atom stereocenters. The maximum absolute atomic E-state index is 13.3. The number of hydrogen-bond acceptors (Lipinski definition) is 4. The zero-order chi connectivity index (χ0) is 20.0. The van der Waals surface area contributed by atoms with Crippen molar-refractivity contribution < 1.29 is 17.9 Å². The highest BCUT2D eigenvalue weighted by Gasteiger charge is 2.29. The molecule has 0 saturated carbocycles. The fraction of sp³-hybridized carbons (Fsp3) is 0.0952. The summed E-state index contributed by atoms with van der Waals surface area (Å²) in [5.74, 6) is -0.105. The topological polar surface area (TPSA) is 75.7 Å². The van der Waals surface area contributed by atoms with Gasteiger partial charge >= 0.3 is 0 Å². The molecule has 0 heterocycles. The van der Waals surface area contributed by atoms with Crippen molar-refractivity contribution in [2.75, 3.05) is 23.3 Å². The number of carbonyl (C=O) groups excluding carboxylic acids is 1. The molecule has 28 heavy (non-hydrogen) atoms. The summed E-state index contributed by atoms with van der Waals surface area (Å²) in [7, 11) is -2.53. The highest BCUT2D eigenvalue weighted by atomic mass is 32.2. The highest BCUT2D eigenvalue weighted by Crippen LogP contribution is 2.32. The quantitative estimate of drug-likeness (QED) is 0.663. The molecule has 0 aliphatic heterocycles. The molecule has 144 valence electrons. The highest BCUT2D eigenvalue weighted by molar-refractivity contribution is 7.92. The van der Waals surface area contributed by atoms with E-state index in [1.54, 1.807) is 66.7 Å². The van der Waals surface area contributed by atoms with Crippen LogP contribution in [0.2, 0.25) is 0 Å². The maximum Gasteiger partial charge on any atom is 0.264 e. The van der Waals surface area contributed by atoms with E-state index < -0.39 is 22.5 Å². The Bertz CT molecular complexity index is 1040. The first kappa shape index (κ1) is 19.4. The van der Waals surface area contributed by atoms with Crippen molar-refractivity contribution in [3.8, 4) is 5.75 Å². The molecule has 0 fully saturated rings. The summed E-state index contributed by atoms with van der Waals surface area (Å²) >= 11 is 0. The SMILES string of the molecule is COc1ccccc1N(CC(=O)Nc1ccccc1)S(=O)(=O)c1ccccc1. The second-order valence-electron chi connectivity index (χ2n) is 5.91. The van der Waals surface area contributed by atoms with Crippen LogP contribution in [0.25, 0.3) is 0 Å². The molecule has 0 aromatic heterocycles. The van der Waals surface area contributed by atoms with Gasteiger partial charge in [0.1, 0.15) is 12.3 Å². The Morgan fingerprint density at radius 3 is 2.11 bits per heavy atom. The number of methoxy groups -OCH3 is 1. The van der Waals surface area contributed by atoms with Gasteiger partial charge in [0.25, 0.3) is 10.0 Å². The number of anilines is 2. The molecule has 0 spiro atoms. The van der Waals surface area contributed by atoms with E-state index >= 15 is 0 Å². The maximum atomic E-state index is 13.3. The predicted molar refractivity (Wildman–Crippen MR) is 109 cm³/mol. The molecule has 0 saturated heterocycles. The monoisotopic (exact) mass is 396 g/mol. The van der Waals surface area contributed by atoms with Gasteiger partial charge in [-0.15, -0.1) is 0 Å². The van der Waals surface area contributed by atoms with Gasteiger partial charge in [0.2, 0.25) is 5.91 Å². The summed E-state index contributed by atoms with van der Waals surface area (Å²) in [5, 5.41) is 2.72. The third-order valence-corrected chi connectivity index (χ3v) is 5.80. The molecule has 7 heteroatoms. The average Bonchev–Trinajstić information content (AvgIpc) is 2.73. The zero-order valence-electron chi connectivity index (χ0n) is 15.3. The van der Waals surface area contributed by atoms with Crippen LogP contribution in [0.5, 0.6) is 5.75 Å². The molecule has 3 rings (SSSR count). The number of nitrogens with zero attached hydrogens (tertiary/aromatic N) is 1. The van der Waals surface area contributed by atoms with E-state index in [1.807, 2.05) is 6.07 Å². The number of hydrogen-bond donors (Lipinski definition) is 1. The first-order chi connectivity index (χ1) is 13.5. The average molecular weight is 396 g/mol. The van der Waals surface area contributed by atoms with Crippen molar-refractivity contribution in [2.24, 2.45) is 0 Å². The number of para-hydroxylation sites is 3. The number of sulfonamides is 1. The van der Waals surface area contributed by atoms with Crippen LogP contribution in [0, 0.1) is 0 Å². The van der Waals surface area contributed by atoms with Gasteiger partial charge in [0.15, 0.2) is 0 Å². The van der Waals surface area contributed by atoms with Gasteiger partial charge in [-0.3, -0.25) is 9.10 Å². The van der Waals surface area contributed by atoms with E-state index in [1.165, 1.54) is 19.2 Å². The minimum atomic E-state index is -3.98. The second-order valence-corrected chi connectivity index (χ2v) is 7.77.